The molecule has 8 heteroatoms. The van der Waals surface area contributed by atoms with Gasteiger partial charge in [-0.1, -0.05) is 6.92 Å². The van der Waals surface area contributed by atoms with Crippen LogP contribution in [0, 0.1) is 11.8 Å². The molecule has 23 heavy (non-hydrogen) atoms. The number of nitrogens with one attached hydrogen (secondary N) is 2. The molecular weight excluding hydrogens is 292 g/mol. The summed E-state index contributed by atoms with van der Waals surface area (Å²) >= 11 is 0. The summed E-state index contributed by atoms with van der Waals surface area (Å²) in [6, 6.07) is 0. The molecule has 1 saturated carbocycles. The Morgan fingerprint density at radius 1 is 1.43 bits per heavy atom. The Labute approximate surface area is 133 Å². The van der Waals surface area contributed by atoms with Crippen LogP contribution >= 0.6 is 0 Å². The molecule has 118 valence electrons. The third kappa shape index (κ3) is 2.92. The van der Waals surface area contributed by atoms with Gasteiger partial charge in [0.05, 0.1) is 18.2 Å². The van der Waals surface area contributed by atoms with E-state index in [4.69, 9.17) is 0 Å². The molecule has 0 aliphatic heterocycles. The van der Waals surface area contributed by atoms with Crippen LogP contribution in [-0.2, 0) is 7.05 Å². The Balaban J connectivity index is 1.66. The van der Waals surface area contributed by atoms with Crippen LogP contribution < -0.4 is 5.32 Å². The first-order valence-corrected chi connectivity index (χ1v) is 7.70. The van der Waals surface area contributed by atoms with Gasteiger partial charge in [0.1, 0.15) is 5.52 Å². The maximum absolute atomic E-state index is 4.57. The summed E-state index contributed by atoms with van der Waals surface area (Å²) < 4.78 is 1.71. The van der Waals surface area contributed by atoms with Gasteiger partial charge in [-0.25, -0.2) is 9.98 Å². The van der Waals surface area contributed by atoms with Crippen molar-refractivity contribution < 1.29 is 0 Å². The number of aromatic amines is 1. The van der Waals surface area contributed by atoms with E-state index in [1.54, 1.807) is 17.2 Å². The number of aliphatic imine (C=N–C) groups is 1. The van der Waals surface area contributed by atoms with E-state index in [-0.39, 0.29) is 0 Å². The highest BCUT2D eigenvalue weighted by atomic mass is 15.3. The molecule has 0 spiro atoms. The number of aryl methyl sites for hydroxylation is 1. The van der Waals surface area contributed by atoms with Crippen molar-refractivity contribution in [2.45, 2.75) is 19.8 Å². The highest BCUT2D eigenvalue weighted by molar-refractivity contribution is 5.84. The second-order valence-electron chi connectivity index (χ2n) is 5.97. The lowest BCUT2D eigenvalue weighted by Gasteiger charge is -2.04. The standard InChI is InChI=1S/C15H18N8/c1-9(10-3-4-10)5-16-13-12-14(18-8-17-12)22-15(21-13)20-11-6-19-23(2)7-11/h5-10H,3-4H2,1-2H3,(H2,17,18,20,21,22). The highest BCUT2D eigenvalue weighted by Gasteiger charge is 2.26. The molecule has 1 atom stereocenters. The van der Waals surface area contributed by atoms with Gasteiger partial charge in [-0.2, -0.15) is 15.1 Å². The lowest BCUT2D eigenvalue weighted by molar-refractivity contribution is 0.679. The van der Waals surface area contributed by atoms with Crippen molar-refractivity contribution >= 4 is 34.8 Å². The maximum Gasteiger partial charge on any atom is 0.231 e. The molecule has 3 heterocycles. The number of imidazole rings is 1. The van der Waals surface area contributed by atoms with Gasteiger partial charge in [0, 0.05) is 19.5 Å². The summed E-state index contributed by atoms with van der Waals surface area (Å²) in [5.41, 5.74) is 2.17. The van der Waals surface area contributed by atoms with Crippen molar-refractivity contribution in [2.24, 2.45) is 23.9 Å². The topological polar surface area (TPSA) is 96.7 Å². The van der Waals surface area contributed by atoms with Crippen LogP contribution in [0.25, 0.3) is 11.2 Å². The summed E-state index contributed by atoms with van der Waals surface area (Å²) in [7, 11) is 1.86. The lowest BCUT2D eigenvalue weighted by Crippen LogP contribution is -1.99. The molecule has 3 aromatic heterocycles. The molecular formula is C15H18N8. The summed E-state index contributed by atoms with van der Waals surface area (Å²) in [4.78, 5) is 20.7. The first-order chi connectivity index (χ1) is 11.2. The Morgan fingerprint density at radius 3 is 3.04 bits per heavy atom. The second-order valence-corrected chi connectivity index (χ2v) is 5.97. The van der Waals surface area contributed by atoms with Crippen molar-refractivity contribution in [2.75, 3.05) is 5.32 Å². The fourth-order valence-electron chi connectivity index (χ4n) is 2.51. The number of fused-ring (bicyclic) bond motifs is 1. The summed E-state index contributed by atoms with van der Waals surface area (Å²) in [5.74, 6) is 2.30. The first-order valence-electron chi connectivity index (χ1n) is 7.70. The van der Waals surface area contributed by atoms with Gasteiger partial charge in [-0.05, 0) is 24.7 Å². The molecule has 0 radical (unpaired) electrons. The van der Waals surface area contributed by atoms with E-state index in [0.29, 0.717) is 23.3 Å². The van der Waals surface area contributed by atoms with Crippen molar-refractivity contribution in [1.29, 1.82) is 0 Å². The Kier molecular flexibility index (Phi) is 3.29. The zero-order valence-corrected chi connectivity index (χ0v) is 13.1. The molecule has 1 unspecified atom stereocenters. The maximum atomic E-state index is 4.57. The summed E-state index contributed by atoms with van der Waals surface area (Å²) in [5, 5.41) is 7.26. The van der Waals surface area contributed by atoms with Gasteiger partial charge in [-0.15, -0.1) is 0 Å². The van der Waals surface area contributed by atoms with Crippen LogP contribution in [0.3, 0.4) is 0 Å². The quantitative estimate of drug-likeness (QED) is 0.706. The molecule has 1 aliphatic carbocycles. The largest absolute Gasteiger partial charge is 0.340 e. The van der Waals surface area contributed by atoms with Crippen LogP contribution in [0.1, 0.15) is 19.8 Å². The number of H-pyrrole nitrogens is 1. The van der Waals surface area contributed by atoms with E-state index >= 15 is 0 Å². The van der Waals surface area contributed by atoms with Crippen LogP contribution in [-0.4, -0.2) is 35.9 Å². The van der Waals surface area contributed by atoms with Gasteiger partial charge in [0.15, 0.2) is 11.5 Å². The van der Waals surface area contributed by atoms with Gasteiger partial charge in [0.25, 0.3) is 0 Å². The van der Waals surface area contributed by atoms with Crippen molar-refractivity contribution in [3.05, 3.63) is 18.7 Å². The number of nitrogens with zero attached hydrogens (tertiary/aromatic N) is 6. The molecule has 0 amide bonds. The van der Waals surface area contributed by atoms with Gasteiger partial charge >= 0.3 is 0 Å². The summed E-state index contributed by atoms with van der Waals surface area (Å²) in [6.45, 7) is 2.20. The van der Waals surface area contributed by atoms with E-state index in [1.807, 2.05) is 19.5 Å². The Bertz CT molecular complexity index is 857. The number of hydrogen-bond donors (Lipinski definition) is 2. The molecule has 0 bridgehead atoms. The molecule has 2 N–H and O–H groups in total. The van der Waals surface area contributed by atoms with Crippen LogP contribution in [0.2, 0.25) is 0 Å². The van der Waals surface area contributed by atoms with Crippen molar-refractivity contribution in [1.82, 2.24) is 29.7 Å². The summed E-state index contributed by atoms with van der Waals surface area (Å²) in [6.07, 6.45) is 9.76. The lowest BCUT2D eigenvalue weighted by atomic mass is 10.1. The zero-order valence-electron chi connectivity index (χ0n) is 13.1. The SMILES string of the molecule is CC(C=Nc1nc(Nc2cnn(C)c2)nc2nc[nH]c12)C1CC1. The predicted molar refractivity (Wildman–Crippen MR) is 88.2 cm³/mol. The molecule has 4 rings (SSSR count). The van der Waals surface area contributed by atoms with E-state index in [1.165, 1.54) is 12.8 Å². The van der Waals surface area contributed by atoms with Crippen LogP contribution in [0.15, 0.2) is 23.7 Å². The second kappa shape index (κ2) is 5.45. The molecule has 8 nitrogen and oxygen atoms in total. The average molecular weight is 310 g/mol. The van der Waals surface area contributed by atoms with Gasteiger partial charge in [0.2, 0.25) is 5.95 Å². The molecule has 0 aromatic carbocycles. The van der Waals surface area contributed by atoms with Gasteiger partial charge in [-0.3, -0.25) is 4.68 Å². The van der Waals surface area contributed by atoms with E-state index in [9.17, 15) is 0 Å². The molecule has 1 fully saturated rings. The fraction of sp³-hybridized carbons (Fsp3) is 0.400. The van der Waals surface area contributed by atoms with Gasteiger partial charge < -0.3 is 10.3 Å². The third-order valence-electron chi connectivity index (χ3n) is 4.03. The van der Waals surface area contributed by atoms with Crippen LogP contribution in [0.5, 0.6) is 0 Å². The van der Waals surface area contributed by atoms with Crippen molar-refractivity contribution in [3.8, 4) is 0 Å². The fourth-order valence-corrected chi connectivity index (χ4v) is 2.51. The van der Waals surface area contributed by atoms with E-state index in [2.05, 4.69) is 42.3 Å². The normalized spacial score (nSPS) is 16.3. The zero-order chi connectivity index (χ0) is 15.8. The number of anilines is 2. The monoisotopic (exact) mass is 310 g/mol. The van der Waals surface area contributed by atoms with Crippen LogP contribution in [0.4, 0.5) is 17.5 Å². The minimum absolute atomic E-state index is 0.462. The molecule has 0 saturated heterocycles. The average Bonchev–Trinajstić information content (AvgIpc) is 3.15. The number of rotatable bonds is 5. The van der Waals surface area contributed by atoms with Crippen molar-refractivity contribution in [3.63, 3.8) is 0 Å². The Morgan fingerprint density at radius 2 is 2.30 bits per heavy atom. The van der Waals surface area contributed by atoms with E-state index < -0.39 is 0 Å². The smallest absolute Gasteiger partial charge is 0.231 e. The third-order valence-corrected chi connectivity index (χ3v) is 4.03. The Hall–Kier alpha value is -2.77. The first kappa shape index (κ1) is 13.9. The minimum Gasteiger partial charge on any atom is -0.340 e. The highest BCUT2D eigenvalue weighted by Crippen LogP contribution is 2.36. The minimum atomic E-state index is 0.462. The van der Waals surface area contributed by atoms with E-state index in [0.717, 1.165) is 17.1 Å². The number of aromatic nitrogens is 6. The number of hydrogen-bond acceptors (Lipinski definition) is 6. The molecule has 1 aliphatic rings. The predicted octanol–water partition coefficient (Wildman–Crippen LogP) is 2.58. The molecule has 3 aromatic rings.